The molecule has 0 radical (unpaired) electrons. The summed E-state index contributed by atoms with van der Waals surface area (Å²) < 4.78 is 45.3. The van der Waals surface area contributed by atoms with E-state index in [0.717, 1.165) is 0 Å². The van der Waals surface area contributed by atoms with E-state index in [1.165, 1.54) is 12.1 Å². The van der Waals surface area contributed by atoms with Gasteiger partial charge in [0.25, 0.3) is 10.1 Å². The highest BCUT2D eigenvalue weighted by Crippen LogP contribution is 2.42. The Morgan fingerprint density at radius 3 is 2.49 bits per heavy atom. The van der Waals surface area contributed by atoms with Gasteiger partial charge in [-0.25, -0.2) is 15.8 Å². The maximum atomic E-state index is 12.1. The lowest BCUT2D eigenvalue weighted by atomic mass is 9.93. The first-order chi connectivity index (χ1) is 16.5. The summed E-state index contributed by atoms with van der Waals surface area (Å²) in [5, 5.41) is 8.38. The molecule has 0 bridgehead atoms. The Balaban J connectivity index is 1.97. The average molecular weight is 495 g/mol. The predicted octanol–water partition coefficient (Wildman–Crippen LogP) is 5.45. The molecule has 2 aromatic rings. The third-order valence-electron chi connectivity index (χ3n) is 4.93. The molecule has 1 heterocycles. The van der Waals surface area contributed by atoms with Gasteiger partial charge in [0.1, 0.15) is 21.8 Å². The summed E-state index contributed by atoms with van der Waals surface area (Å²) in [6.45, 7) is 5.20. The van der Waals surface area contributed by atoms with Crippen LogP contribution in [0.25, 0.3) is 33.4 Å². The van der Waals surface area contributed by atoms with Gasteiger partial charge in [0, 0.05) is 34.2 Å². The number of nitrogens with zero attached hydrogens (tertiary/aromatic N) is 2. The van der Waals surface area contributed by atoms with Crippen LogP contribution in [0.15, 0.2) is 80.2 Å². The van der Waals surface area contributed by atoms with E-state index in [1.54, 1.807) is 69.3 Å². The van der Waals surface area contributed by atoms with Gasteiger partial charge in [-0.3, -0.25) is 4.55 Å². The summed E-state index contributed by atoms with van der Waals surface area (Å²) in [4.78, 5) is 11.7. The van der Waals surface area contributed by atoms with Gasteiger partial charge >= 0.3 is 6.09 Å². The monoisotopic (exact) mass is 494 g/mol. The van der Waals surface area contributed by atoms with E-state index >= 15 is 0 Å². The highest BCUT2D eigenvalue weighted by atomic mass is 32.2. The highest BCUT2D eigenvalue weighted by Gasteiger charge is 2.23. The van der Waals surface area contributed by atoms with Gasteiger partial charge in [0.05, 0.1) is 11.0 Å². The van der Waals surface area contributed by atoms with Crippen molar-refractivity contribution in [2.45, 2.75) is 31.3 Å². The van der Waals surface area contributed by atoms with E-state index in [-0.39, 0.29) is 10.5 Å². The molecule has 0 saturated heterocycles. The first-order valence-corrected chi connectivity index (χ1v) is 11.9. The second kappa shape index (κ2) is 8.93. The lowest BCUT2D eigenvalue weighted by Crippen LogP contribution is -2.30. The van der Waals surface area contributed by atoms with E-state index in [0.29, 0.717) is 38.9 Å². The maximum absolute atomic E-state index is 12.1. The maximum Gasteiger partial charge on any atom is 0.428 e. The number of rotatable bonds is 4. The van der Waals surface area contributed by atoms with Gasteiger partial charge in [-0.1, -0.05) is 18.2 Å². The Hall–Kier alpha value is -4.09. The van der Waals surface area contributed by atoms with Crippen molar-refractivity contribution in [3.05, 3.63) is 66.0 Å². The van der Waals surface area contributed by atoms with Crippen molar-refractivity contribution in [3.8, 4) is 22.5 Å². The van der Waals surface area contributed by atoms with Gasteiger partial charge in [-0.15, -0.1) is 0 Å². The fraction of sp³-hybridized carbons (Fsp3) is 0.167. The molecule has 4 rings (SSSR count). The number of carbonyl (C=O) groups excluding carboxylic acids is 1. The van der Waals surface area contributed by atoms with Crippen molar-refractivity contribution in [2.24, 2.45) is 10.2 Å². The lowest BCUT2D eigenvalue weighted by molar-refractivity contribution is 0.0526. The second-order valence-electron chi connectivity index (χ2n) is 8.65. The van der Waals surface area contributed by atoms with Crippen LogP contribution in [-0.2, 0) is 14.9 Å². The third-order valence-corrected chi connectivity index (χ3v) is 5.84. The highest BCUT2D eigenvalue weighted by molar-refractivity contribution is 7.86. The van der Waals surface area contributed by atoms with Crippen molar-refractivity contribution < 1.29 is 26.9 Å². The Bertz CT molecular complexity index is 1600. The largest absolute Gasteiger partial charge is 0.456 e. The van der Waals surface area contributed by atoms with Gasteiger partial charge in [-0.2, -0.15) is 18.6 Å². The minimum absolute atomic E-state index is 0.261. The molecule has 35 heavy (non-hydrogen) atoms. The quantitative estimate of drug-likeness (QED) is 0.148. The number of hydrogen-bond donors (Lipinski definition) is 3. The van der Waals surface area contributed by atoms with E-state index in [9.17, 15) is 17.8 Å². The first-order valence-electron chi connectivity index (χ1n) is 10.4. The van der Waals surface area contributed by atoms with Crippen molar-refractivity contribution in [1.82, 2.24) is 5.43 Å². The molecular weight excluding hydrogens is 472 g/mol. The Morgan fingerprint density at radius 1 is 1.06 bits per heavy atom. The van der Waals surface area contributed by atoms with Gasteiger partial charge in [-0.05, 0) is 51.1 Å². The molecule has 0 fully saturated rings. The number of fused-ring (bicyclic) bond motifs is 2. The molecule has 0 spiro atoms. The lowest BCUT2D eigenvalue weighted by Gasteiger charge is -2.18. The molecule has 0 atom stereocenters. The molecule has 3 N–H and O–H groups in total. The van der Waals surface area contributed by atoms with Crippen molar-refractivity contribution in [1.29, 1.82) is 5.53 Å². The minimum atomic E-state index is -4.53. The van der Waals surface area contributed by atoms with Gasteiger partial charge in [0.15, 0.2) is 0 Å². The second-order valence-corrected chi connectivity index (χ2v) is 10.0. The molecule has 2 aromatic carbocycles. The zero-order chi connectivity index (χ0) is 25.4. The number of amides is 1. The van der Waals surface area contributed by atoms with Gasteiger partial charge in [0.2, 0.25) is 0 Å². The van der Waals surface area contributed by atoms with Crippen LogP contribution in [0.4, 0.5) is 10.5 Å². The van der Waals surface area contributed by atoms with Crippen molar-refractivity contribution >= 4 is 32.9 Å². The molecule has 11 heteroatoms. The summed E-state index contributed by atoms with van der Waals surface area (Å²) in [6, 6.07) is 15.8. The zero-order valence-electron chi connectivity index (χ0n) is 19.1. The van der Waals surface area contributed by atoms with E-state index in [1.807, 2.05) is 0 Å². The zero-order valence-corrected chi connectivity index (χ0v) is 19.9. The van der Waals surface area contributed by atoms with Crippen LogP contribution in [0.1, 0.15) is 20.8 Å². The van der Waals surface area contributed by atoms with Crippen LogP contribution in [0, 0.1) is 5.53 Å². The molecule has 1 aliphatic carbocycles. The van der Waals surface area contributed by atoms with Crippen molar-refractivity contribution in [2.75, 3.05) is 0 Å². The van der Waals surface area contributed by atoms with Crippen LogP contribution in [-0.4, -0.2) is 24.7 Å². The fourth-order valence-electron chi connectivity index (χ4n) is 3.61. The number of benzene rings is 3. The minimum Gasteiger partial charge on any atom is -0.456 e. The molecule has 180 valence electrons. The fourth-order valence-corrected chi connectivity index (χ4v) is 4.30. The normalized spacial score (nSPS) is 12.6. The summed E-state index contributed by atoms with van der Waals surface area (Å²) in [5.41, 5.74) is 10.9. The standard InChI is InChI=1S/C24H22N4O6S/c1-24(2,3)34-23(29)28-27-15-9-11-17-20(13-15)33-19-12-14(26-25)8-10-16(19)22(17)18-6-4-5-7-21(18)35(30,31)32/h4-13,25H,1-3H3,(H,28,29)(H,30,31,32)/b26-25?,27-15-. The molecule has 0 saturated carbocycles. The topological polar surface area (TPSA) is 154 Å². The summed E-state index contributed by atoms with van der Waals surface area (Å²) >= 11 is 0. The number of ether oxygens (including phenoxy) is 1. The summed E-state index contributed by atoms with van der Waals surface area (Å²) in [5.74, 6) is 0.326. The summed E-state index contributed by atoms with van der Waals surface area (Å²) in [6.07, 6.45) is -0.725. The van der Waals surface area contributed by atoms with Crippen LogP contribution in [0.3, 0.4) is 0 Å². The smallest absolute Gasteiger partial charge is 0.428 e. The Kier molecular flexibility index (Phi) is 6.14. The van der Waals surface area contributed by atoms with Crippen LogP contribution < -0.4 is 10.8 Å². The van der Waals surface area contributed by atoms with Crippen LogP contribution in [0.2, 0.25) is 0 Å². The van der Waals surface area contributed by atoms with Crippen LogP contribution >= 0.6 is 0 Å². The Morgan fingerprint density at radius 2 is 1.80 bits per heavy atom. The molecule has 1 aliphatic heterocycles. The molecule has 0 unspecified atom stereocenters. The predicted molar refractivity (Wildman–Crippen MR) is 128 cm³/mol. The molecular formula is C24H22N4O6S. The molecule has 0 aromatic heterocycles. The summed E-state index contributed by atoms with van der Waals surface area (Å²) in [7, 11) is -4.53. The number of hydrogen-bond acceptors (Lipinski definition) is 8. The van der Waals surface area contributed by atoms with Crippen molar-refractivity contribution in [3.63, 3.8) is 0 Å². The van der Waals surface area contributed by atoms with Crippen LogP contribution in [0.5, 0.6) is 0 Å². The average Bonchev–Trinajstić information content (AvgIpc) is 2.79. The molecule has 1 amide bonds. The Labute approximate surface area is 200 Å². The number of nitrogens with one attached hydrogen (secondary N) is 2. The number of carbonyl (C=O) groups is 1. The van der Waals surface area contributed by atoms with E-state index in [2.05, 4.69) is 15.6 Å². The van der Waals surface area contributed by atoms with Gasteiger partial charge < -0.3 is 9.15 Å². The first kappa shape index (κ1) is 24.0. The third kappa shape index (κ3) is 5.20. The molecule has 2 aliphatic rings. The van der Waals surface area contributed by atoms with E-state index in [4.69, 9.17) is 14.7 Å². The van der Waals surface area contributed by atoms with E-state index < -0.39 is 21.8 Å². The molecule has 10 nitrogen and oxygen atoms in total. The SMILES string of the molecule is CC(C)(C)OC(=O)N/N=c1/ccc2c(-c3ccccc3S(=O)(=O)O)c3ccc(N=N)cc3oc-2c1.